The van der Waals surface area contributed by atoms with Gasteiger partial charge in [0.15, 0.2) is 0 Å². The van der Waals surface area contributed by atoms with Gasteiger partial charge in [0.25, 0.3) is 0 Å². The molecule has 2 rings (SSSR count). The van der Waals surface area contributed by atoms with E-state index in [2.05, 4.69) is 5.32 Å². The zero-order valence-electron chi connectivity index (χ0n) is 14.1. The number of hydrogen-bond donors (Lipinski definition) is 1. The number of alkyl halides is 3. The highest BCUT2D eigenvalue weighted by atomic mass is 19.4. The van der Waals surface area contributed by atoms with Gasteiger partial charge < -0.3 is 15.0 Å². The van der Waals surface area contributed by atoms with E-state index in [1.54, 1.807) is 20.8 Å². The van der Waals surface area contributed by atoms with Crippen LogP contribution in [0.15, 0.2) is 24.3 Å². The molecular formula is C17H23F3N2O2. The number of hydrogen-bond acceptors (Lipinski definition) is 3. The molecule has 0 spiro atoms. The van der Waals surface area contributed by atoms with Gasteiger partial charge in [-0.25, -0.2) is 4.79 Å². The molecule has 24 heavy (non-hydrogen) atoms. The third kappa shape index (κ3) is 5.32. The highest BCUT2D eigenvalue weighted by Gasteiger charge is 2.30. The number of rotatable bonds is 3. The molecule has 1 saturated heterocycles. The van der Waals surface area contributed by atoms with Crippen LogP contribution in [0.5, 0.6) is 0 Å². The van der Waals surface area contributed by atoms with Crippen molar-refractivity contribution >= 4 is 11.8 Å². The van der Waals surface area contributed by atoms with Gasteiger partial charge in [-0.2, -0.15) is 13.2 Å². The van der Waals surface area contributed by atoms with Gasteiger partial charge in [-0.3, -0.25) is 0 Å². The molecule has 1 heterocycles. The number of halogens is 3. The van der Waals surface area contributed by atoms with E-state index in [1.165, 1.54) is 12.1 Å². The number of carbonyl (C=O) groups excluding carboxylic acids is 1. The van der Waals surface area contributed by atoms with Crippen LogP contribution >= 0.6 is 0 Å². The molecule has 1 aliphatic heterocycles. The quantitative estimate of drug-likeness (QED) is 0.899. The van der Waals surface area contributed by atoms with Crippen molar-refractivity contribution in [3.63, 3.8) is 0 Å². The van der Waals surface area contributed by atoms with E-state index in [0.717, 1.165) is 30.8 Å². The lowest BCUT2D eigenvalue weighted by Crippen LogP contribution is -2.36. The summed E-state index contributed by atoms with van der Waals surface area (Å²) in [6.07, 6.45) is -3.89. The summed E-state index contributed by atoms with van der Waals surface area (Å²) in [6, 6.07) is 5.18. The molecule has 0 radical (unpaired) electrons. The fourth-order valence-corrected chi connectivity index (χ4v) is 2.64. The van der Waals surface area contributed by atoms with Crippen molar-refractivity contribution in [2.75, 3.05) is 24.5 Å². The van der Waals surface area contributed by atoms with Gasteiger partial charge in [-0.1, -0.05) is 0 Å². The fourth-order valence-electron chi connectivity index (χ4n) is 2.64. The summed E-state index contributed by atoms with van der Waals surface area (Å²) in [5.41, 5.74) is -0.414. The fraction of sp³-hybridized carbons (Fsp3) is 0.588. The van der Waals surface area contributed by atoms with E-state index in [4.69, 9.17) is 4.74 Å². The maximum Gasteiger partial charge on any atom is 0.416 e. The van der Waals surface area contributed by atoms with Gasteiger partial charge in [0.05, 0.1) is 5.56 Å². The van der Waals surface area contributed by atoms with Gasteiger partial charge in [-0.15, -0.1) is 0 Å². The van der Waals surface area contributed by atoms with Crippen LogP contribution in [0.3, 0.4) is 0 Å². The first kappa shape index (κ1) is 18.4. The number of ether oxygens (including phenoxy) is 1. The molecule has 1 N–H and O–H groups in total. The van der Waals surface area contributed by atoms with Crippen molar-refractivity contribution in [2.24, 2.45) is 5.92 Å². The summed E-state index contributed by atoms with van der Waals surface area (Å²) in [7, 11) is 0. The van der Waals surface area contributed by atoms with E-state index in [9.17, 15) is 18.0 Å². The summed E-state index contributed by atoms with van der Waals surface area (Å²) in [4.78, 5) is 13.7. The average molecular weight is 344 g/mol. The van der Waals surface area contributed by atoms with Gasteiger partial charge >= 0.3 is 12.3 Å². The molecule has 1 aromatic carbocycles. The molecule has 134 valence electrons. The van der Waals surface area contributed by atoms with Crippen LogP contribution in [0.1, 0.15) is 32.8 Å². The SMILES string of the molecule is CC(C)(C)OC(=O)NC[C@H]1CCN(c2ccc(C(F)(F)F)cc2)C1. The van der Waals surface area contributed by atoms with Gasteiger partial charge in [0.1, 0.15) is 5.60 Å². The molecular weight excluding hydrogens is 321 g/mol. The molecule has 1 atom stereocenters. The predicted molar refractivity (Wildman–Crippen MR) is 86.0 cm³/mol. The molecule has 0 saturated carbocycles. The zero-order valence-corrected chi connectivity index (χ0v) is 14.1. The topological polar surface area (TPSA) is 41.6 Å². The lowest BCUT2D eigenvalue weighted by molar-refractivity contribution is -0.137. The molecule has 1 aliphatic rings. The molecule has 1 aromatic rings. The average Bonchev–Trinajstić information content (AvgIpc) is 2.91. The second-order valence-electron chi connectivity index (χ2n) is 7.03. The Hall–Kier alpha value is -1.92. The Bertz CT molecular complexity index is 565. The van der Waals surface area contributed by atoms with Crippen LogP contribution in [0.25, 0.3) is 0 Å². The van der Waals surface area contributed by atoms with Crippen molar-refractivity contribution in [3.05, 3.63) is 29.8 Å². The highest BCUT2D eigenvalue weighted by molar-refractivity contribution is 5.67. The van der Waals surface area contributed by atoms with E-state index in [1.807, 2.05) is 4.90 Å². The Morgan fingerprint density at radius 2 is 1.88 bits per heavy atom. The standard InChI is InChI=1S/C17H23F3N2O2/c1-16(2,3)24-15(23)21-10-12-8-9-22(11-12)14-6-4-13(5-7-14)17(18,19)20/h4-7,12H,8-11H2,1-3H3,(H,21,23)/t12-/m1/s1. The molecule has 4 nitrogen and oxygen atoms in total. The second-order valence-corrected chi connectivity index (χ2v) is 7.03. The van der Waals surface area contributed by atoms with Crippen LogP contribution in [-0.2, 0) is 10.9 Å². The van der Waals surface area contributed by atoms with Crippen LogP contribution in [0.2, 0.25) is 0 Å². The monoisotopic (exact) mass is 344 g/mol. The van der Waals surface area contributed by atoms with Crippen molar-refractivity contribution < 1.29 is 22.7 Å². The summed E-state index contributed by atoms with van der Waals surface area (Å²) >= 11 is 0. The number of nitrogens with one attached hydrogen (secondary N) is 1. The van der Waals surface area contributed by atoms with E-state index >= 15 is 0 Å². The number of nitrogens with zero attached hydrogens (tertiary/aromatic N) is 1. The minimum Gasteiger partial charge on any atom is -0.444 e. The first-order valence-corrected chi connectivity index (χ1v) is 7.94. The summed E-state index contributed by atoms with van der Waals surface area (Å²) in [5, 5.41) is 2.75. The van der Waals surface area contributed by atoms with Crippen molar-refractivity contribution in [1.29, 1.82) is 0 Å². The highest BCUT2D eigenvalue weighted by Crippen LogP contribution is 2.31. The van der Waals surface area contributed by atoms with Gasteiger partial charge in [0, 0.05) is 25.3 Å². The minimum absolute atomic E-state index is 0.250. The van der Waals surface area contributed by atoms with E-state index < -0.39 is 23.4 Å². The second kappa shape index (κ2) is 6.91. The van der Waals surface area contributed by atoms with Gasteiger partial charge in [-0.05, 0) is 57.4 Å². The molecule has 1 fully saturated rings. The Balaban J connectivity index is 1.84. The number of carbonyl (C=O) groups is 1. The third-order valence-corrected chi connectivity index (χ3v) is 3.78. The van der Waals surface area contributed by atoms with E-state index in [-0.39, 0.29) is 5.92 Å². The van der Waals surface area contributed by atoms with Crippen LogP contribution in [0, 0.1) is 5.92 Å². The molecule has 0 unspecified atom stereocenters. The smallest absolute Gasteiger partial charge is 0.416 e. The Kier molecular flexibility index (Phi) is 5.30. The molecule has 1 amide bonds. The van der Waals surface area contributed by atoms with Crippen LogP contribution in [0.4, 0.5) is 23.7 Å². The zero-order chi connectivity index (χ0) is 18.0. The molecule has 0 bridgehead atoms. The molecule has 7 heteroatoms. The maximum absolute atomic E-state index is 12.6. The Labute approximate surface area is 140 Å². The predicted octanol–water partition coefficient (Wildman–Crippen LogP) is 4.06. The first-order valence-electron chi connectivity index (χ1n) is 7.94. The van der Waals surface area contributed by atoms with Crippen molar-refractivity contribution in [2.45, 2.75) is 39.0 Å². The largest absolute Gasteiger partial charge is 0.444 e. The van der Waals surface area contributed by atoms with Crippen molar-refractivity contribution in [1.82, 2.24) is 5.32 Å². The summed E-state index contributed by atoms with van der Waals surface area (Å²) in [5.74, 6) is 0.250. The maximum atomic E-state index is 12.6. The molecule has 0 aliphatic carbocycles. The number of benzene rings is 1. The van der Waals surface area contributed by atoms with Crippen LogP contribution in [-0.4, -0.2) is 31.3 Å². The number of amides is 1. The Morgan fingerprint density at radius 3 is 2.42 bits per heavy atom. The third-order valence-electron chi connectivity index (χ3n) is 3.78. The lowest BCUT2D eigenvalue weighted by atomic mass is 10.1. The summed E-state index contributed by atoms with van der Waals surface area (Å²) in [6.45, 7) is 7.34. The Morgan fingerprint density at radius 1 is 1.25 bits per heavy atom. The van der Waals surface area contributed by atoms with Crippen molar-refractivity contribution in [3.8, 4) is 0 Å². The number of anilines is 1. The molecule has 0 aromatic heterocycles. The lowest BCUT2D eigenvalue weighted by Gasteiger charge is -2.21. The van der Waals surface area contributed by atoms with E-state index in [0.29, 0.717) is 13.1 Å². The normalized spacial score (nSPS) is 18.6. The first-order chi connectivity index (χ1) is 11.0. The van der Waals surface area contributed by atoms with Gasteiger partial charge in [0.2, 0.25) is 0 Å². The number of alkyl carbamates (subject to hydrolysis) is 1. The van der Waals surface area contributed by atoms with Crippen LogP contribution < -0.4 is 10.2 Å². The minimum atomic E-state index is -4.32. The summed E-state index contributed by atoms with van der Waals surface area (Å²) < 4.78 is 42.9.